The van der Waals surface area contributed by atoms with Crippen molar-refractivity contribution in [3.05, 3.63) is 55.0 Å². The lowest BCUT2D eigenvalue weighted by Gasteiger charge is -2.00. The highest BCUT2D eigenvalue weighted by atomic mass is 32.1. The Morgan fingerprint density at radius 3 is 3.00 bits per heavy atom. The van der Waals surface area contributed by atoms with Gasteiger partial charge >= 0.3 is 5.69 Å². The second-order valence-electron chi connectivity index (χ2n) is 3.82. The molecule has 0 aromatic carbocycles. The molecule has 19 heavy (non-hydrogen) atoms. The fourth-order valence-electron chi connectivity index (χ4n) is 1.49. The Kier molecular flexibility index (Phi) is 4.34. The van der Waals surface area contributed by atoms with Gasteiger partial charge in [-0.1, -0.05) is 11.8 Å². The first-order valence-electron chi connectivity index (χ1n) is 5.66. The van der Waals surface area contributed by atoms with Crippen LogP contribution >= 0.6 is 11.3 Å². The monoisotopic (exact) mass is 276 g/mol. The third-order valence-electron chi connectivity index (χ3n) is 2.35. The zero-order chi connectivity index (χ0) is 13.7. The van der Waals surface area contributed by atoms with Crippen LogP contribution in [0.5, 0.6) is 0 Å². The summed E-state index contributed by atoms with van der Waals surface area (Å²) in [6, 6.07) is 3.21. The van der Waals surface area contributed by atoms with Gasteiger partial charge in [0.05, 0.1) is 13.2 Å². The molecular weight excluding hydrogens is 264 g/mol. The number of rotatable bonds is 3. The van der Waals surface area contributed by atoms with Crippen LogP contribution in [-0.4, -0.2) is 21.3 Å². The number of nitrogens with one attached hydrogen (secondary N) is 1. The average Bonchev–Trinajstić information content (AvgIpc) is 2.81. The van der Waals surface area contributed by atoms with Gasteiger partial charge in [0.2, 0.25) is 0 Å². The lowest BCUT2D eigenvalue weighted by molar-refractivity contribution is 0.305. The summed E-state index contributed by atoms with van der Waals surface area (Å²) in [5.74, 6) is 5.77. The van der Waals surface area contributed by atoms with Gasteiger partial charge in [0.25, 0.3) is 5.56 Å². The van der Waals surface area contributed by atoms with E-state index in [4.69, 9.17) is 5.11 Å². The zero-order valence-corrected chi connectivity index (χ0v) is 10.9. The molecule has 5 nitrogen and oxygen atoms in total. The summed E-state index contributed by atoms with van der Waals surface area (Å²) in [5, 5.41) is 10.5. The molecule has 6 heteroatoms. The molecule has 0 saturated carbocycles. The van der Waals surface area contributed by atoms with Gasteiger partial charge in [0, 0.05) is 34.5 Å². The van der Waals surface area contributed by atoms with Crippen LogP contribution in [0.4, 0.5) is 0 Å². The van der Waals surface area contributed by atoms with Crippen LogP contribution in [0.15, 0.2) is 33.3 Å². The quantitative estimate of drug-likeness (QED) is 0.796. The molecule has 0 radical (unpaired) electrons. The van der Waals surface area contributed by atoms with E-state index >= 15 is 0 Å². The number of nitrogens with zero attached hydrogens (tertiary/aromatic N) is 1. The third-order valence-corrected chi connectivity index (χ3v) is 3.27. The summed E-state index contributed by atoms with van der Waals surface area (Å²) in [5.41, 5.74) is 0.0442. The van der Waals surface area contributed by atoms with Crippen molar-refractivity contribution in [2.24, 2.45) is 0 Å². The van der Waals surface area contributed by atoms with Gasteiger partial charge in [-0.3, -0.25) is 14.3 Å². The lowest BCUT2D eigenvalue weighted by atomic mass is 10.3. The highest BCUT2D eigenvalue weighted by Gasteiger charge is 2.01. The fraction of sp³-hybridized carbons (Fsp3) is 0.231. The van der Waals surface area contributed by atoms with Crippen LogP contribution in [0.1, 0.15) is 16.9 Å². The van der Waals surface area contributed by atoms with E-state index in [2.05, 4.69) is 16.8 Å². The Bertz CT molecular complexity index is 730. The van der Waals surface area contributed by atoms with E-state index in [9.17, 15) is 9.59 Å². The largest absolute Gasteiger partial charge is 0.395 e. The smallest absolute Gasteiger partial charge is 0.328 e. The number of H-pyrrole nitrogens is 1. The van der Waals surface area contributed by atoms with Crippen molar-refractivity contribution in [1.29, 1.82) is 0 Å². The molecule has 0 saturated heterocycles. The first kappa shape index (κ1) is 13.3. The maximum absolute atomic E-state index is 11.5. The number of aromatic nitrogens is 2. The molecule has 2 aromatic heterocycles. The van der Waals surface area contributed by atoms with E-state index in [0.29, 0.717) is 13.0 Å². The number of hydrogen-bond acceptors (Lipinski definition) is 4. The topological polar surface area (TPSA) is 75.1 Å². The Morgan fingerprint density at radius 2 is 2.26 bits per heavy atom. The van der Waals surface area contributed by atoms with Crippen LogP contribution in [-0.2, 0) is 6.54 Å². The van der Waals surface area contributed by atoms with Crippen molar-refractivity contribution in [1.82, 2.24) is 9.55 Å². The molecule has 0 fully saturated rings. The molecule has 0 bridgehead atoms. The minimum Gasteiger partial charge on any atom is -0.395 e. The summed E-state index contributed by atoms with van der Waals surface area (Å²) in [6.07, 6.45) is 1.92. The first-order valence-corrected chi connectivity index (χ1v) is 6.54. The van der Waals surface area contributed by atoms with Crippen molar-refractivity contribution in [2.45, 2.75) is 13.0 Å². The molecule has 0 amide bonds. The minimum atomic E-state index is -0.422. The molecule has 0 aliphatic heterocycles. The highest BCUT2D eigenvalue weighted by Crippen LogP contribution is 2.14. The molecule has 0 unspecified atom stereocenters. The molecular formula is C13H12N2O3S. The highest BCUT2D eigenvalue weighted by molar-refractivity contribution is 7.10. The molecule has 0 aliphatic rings. The van der Waals surface area contributed by atoms with Crippen LogP contribution < -0.4 is 11.2 Å². The van der Waals surface area contributed by atoms with E-state index in [1.54, 1.807) is 0 Å². The summed E-state index contributed by atoms with van der Waals surface area (Å²) in [4.78, 5) is 25.6. The van der Waals surface area contributed by atoms with E-state index in [1.165, 1.54) is 28.2 Å². The van der Waals surface area contributed by atoms with Crippen molar-refractivity contribution in [3.8, 4) is 11.8 Å². The van der Waals surface area contributed by atoms with Crippen LogP contribution in [0.2, 0.25) is 0 Å². The standard InChI is InChI=1S/C13H12N2O3S/c16-6-2-1-3-10-7-11(19-9-10)8-15-5-4-12(17)14-13(15)18/h4-5,7,9,16H,2,6,8H2,(H,14,17,18). The number of aliphatic hydroxyl groups excluding tert-OH is 1. The van der Waals surface area contributed by atoms with Gasteiger partial charge in [0.15, 0.2) is 0 Å². The first-order chi connectivity index (χ1) is 9.19. The number of aromatic amines is 1. The van der Waals surface area contributed by atoms with Gasteiger partial charge in [-0.2, -0.15) is 0 Å². The Balaban J connectivity index is 2.14. The van der Waals surface area contributed by atoms with E-state index in [-0.39, 0.29) is 6.61 Å². The number of thiophene rings is 1. The third kappa shape index (κ3) is 3.68. The van der Waals surface area contributed by atoms with Gasteiger partial charge in [-0.05, 0) is 6.07 Å². The van der Waals surface area contributed by atoms with Crippen molar-refractivity contribution < 1.29 is 5.11 Å². The number of hydrogen-bond donors (Lipinski definition) is 2. The van der Waals surface area contributed by atoms with Gasteiger partial charge in [-0.15, -0.1) is 11.3 Å². The Hall–Kier alpha value is -2.10. The van der Waals surface area contributed by atoms with Crippen LogP contribution in [0.25, 0.3) is 0 Å². The lowest BCUT2D eigenvalue weighted by Crippen LogP contribution is -2.28. The zero-order valence-electron chi connectivity index (χ0n) is 10.0. The predicted molar refractivity (Wildman–Crippen MR) is 73.3 cm³/mol. The predicted octanol–water partition coefficient (Wildman–Crippen LogP) is 0.380. The van der Waals surface area contributed by atoms with E-state index in [1.807, 2.05) is 11.4 Å². The van der Waals surface area contributed by atoms with E-state index < -0.39 is 11.2 Å². The summed E-state index contributed by atoms with van der Waals surface area (Å²) in [7, 11) is 0. The molecule has 0 aliphatic carbocycles. The molecule has 2 aromatic rings. The maximum Gasteiger partial charge on any atom is 0.328 e. The maximum atomic E-state index is 11.5. The van der Waals surface area contributed by atoms with Crippen molar-refractivity contribution >= 4 is 11.3 Å². The average molecular weight is 276 g/mol. The van der Waals surface area contributed by atoms with Gasteiger partial charge in [0.1, 0.15) is 0 Å². The minimum absolute atomic E-state index is 0.0523. The van der Waals surface area contributed by atoms with Crippen LogP contribution in [0, 0.1) is 11.8 Å². The second-order valence-corrected chi connectivity index (χ2v) is 4.81. The fourth-order valence-corrected chi connectivity index (χ4v) is 2.30. The molecule has 2 N–H and O–H groups in total. The number of aliphatic hydroxyl groups is 1. The molecule has 2 heterocycles. The molecule has 0 spiro atoms. The SMILES string of the molecule is O=c1ccn(Cc2cc(C#CCCO)cs2)c(=O)[nH]1. The van der Waals surface area contributed by atoms with Gasteiger partial charge < -0.3 is 5.11 Å². The summed E-state index contributed by atoms with van der Waals surface area (Å²) < 4.78 is 1.43. The summed E-state index contributed by atoms with van der Waals surface area (Å²) >= 11 is 1.50. The van der Waals surface area contributed by atoms with Crippen LogP contribution in [0.3, 0.4) is 0 Å². The van der Waals surface area contributed by atoms with E-state index in [0.717, 1.165) is 10.4 Å². The van der Waals surface area contributed by atoms with Crippen molar-refractivity contribution in [3.63, 3.8) is 0 Å². The summed E-state index contributed by atoms with van der Waals surface area (Å²) in [6.45, 7) is 0.457. The van der Waals surface area contributed by atoms with Crippen molar-refractivity contribution in [2.75, 3.05) is 6.61 Å². The molecule has 98 valence electrons. The van der Waals surface area contributed by atoms with Gasteiger partial charge in [-0.25, -0.2) is 4.79 Å². The Labute approximate surface area is 113 Å². The molecule has 0 atom stereocenters. The normalized spacial score (nSPS) is 9.95. The Morgan fingerprint density at radius 1 is 1.42 bits per heavy atom. The second kappa shape index (κ2) is 6.18. The molecule has 2 rings (SSSR count).